The van der Waals surface area contributed by atoms with E-state index in [0.29, 0.717) is 23.4 Å². The Kier molecular flexibility index (Phi) is 6.00. The van der Waals surface area contributed by atoms with Gasteiger partial charge in [0, 0.05) is 17.8 Å². The van der Waals surface area contributed by atoms with Crippen LogP contribution in [0, 0.1) is 6.92 Å². The van der Waals surface area contributed by atoms with Crippen molar-refractivity contribution in [3.63, 3.8) is 0 Å². The van der Waals surface area contributed by atoms with Crippen LogP contribution in [0.5, 0.6) is 0 Å². The molecule has 0 aliphatic carbocycles. The summed E-state index contributed by atoms with van der Waals surface area (Å²) >= 11 is 5.65. The average Bonchev–Trinajstić information content (AvgIpc) is 3.26. The minimum Gasteiger partial charge on any atom is -0.351 e. The van der Waals surface area contributed by atoms with E-state index in [0.717, 1.165) is 28.8 Å². The Morgan fingerprint density at radius 1 is 1.13 bits per heavy atom. The van der Waals surface area contributed by atoms with E-state index in [9.17, 15) is 0 Å². The molecule has 0 fully saturated rings. The normalized spacial score (nSPS) is 16.4. The Morgan fingerprint density at radius 3 is 2.48 bits per heavy atom. The number of rotatable bonds is 6. The van der Waals surface area contributed by atoms with Crippen LogP contribution in [0.2, 0.25) is 0 Å². The summed E-state index contributed by atoms with van der Waals surface area (Å²) in [4.78, 5) is 6.75. The molecule has 1 N–H and O–H groups in total. The summed E-state index contributed by atoms with van der Waals surface area (Å²) < 4.78 is 5.77. The summed E-state index contributed by atoms with van der Waals surface area (Å²) in [5, 5.41) is 8.37. The third-order valence-electron chi connectivity index (χ3n) is 5.60. The lowest BCUT2D eigenvalue weighted by Crippen LogP contribution is -2.45. The van der Waals surface area contributed by atoms with Crippen LogP contribution < -0.4 is 5.32 Å². The molecule has 0 spiro atoms. The highest BCUT2D eigenvalue weighted by molar-refractivity contribution is 7.80. The van der Waals surface area contributed by atoms with Gasteiger partial charge in [0.2, 0.25) is 5.82 Å². The second-order valence-corrected chi connectivity index (χ2v) is 8.05. The molecule has 0 saturated carbocycles. The second-order valence-electron chi connectivity index (χ2n) is 7.67. The molecule has 3 aromatic rings. The van der Waals surface area contributed by atoms with Crippen molar-refractivity contribution in [2.24, 2.45) is 0 Å². The maximum Gasteiger partial charge on any atom is 0.258 e. The van der Waals surface area contributed by atoms with Crippen LogP contribution in [0.1, 0.15) is 42.5 Å². The highest BCUT2D eigenvalue weighted by atomic mass is 32.1. The van der Waals surface area contributed by atoms with E-state index >= 15 is 0 Å². The maximum atomic E-state index is 5.77. The molecule has 0 saturated heterocycles. The molecule has 1 atom stereocenters. The number of hydrogen-bond acceptors (Lipinski definition) is 4. The molecule has 0 amide bonds. The molecular formula is C25H26N4OS. The predicted molar refractivity (Wildman–Crippen MR) is 128 cm³/mol. The number of allylic oxidation sites excluding steroid dienone is 1. The minimum absolute atomic E-state index is 0.176. The number of aromatic nitrogens is 2. The molecule has 0 bridgehead atoms. The first-order chi connectivity index (χ1) is 15.0. The second kappa shape index (κ2) is 8.86. The van der Waals surface area contributed by atoms with E-state index < -0.39 is 0 Å². The molecule has 4 rings (SSSR count). The van der Waals surface area contributed by atoms with Crippen LogP contribution >= 0.6 is 12.2 Å². The third-order valence-corrected chi connectivity index (χ3v) is 5.93. The van der Waals surface area contributed by atoms with Gasteiger partial charge in [-0.25, -0.2) is 0 Å². The molecule has 1 aliphatic rings. The first-order valence-corrected chi connectivity index (χ1v) is 10.8. The fraction of sp³-hybridized carbons (Fsp3) is 0.240. The summed E-state index contributed by atoms with van der Waals surface area (Å²) in [5.74, 6) is 1.06. The van der Waals surface area contributed by atoms with Gasteiger partial charge in [0.25, 0.3) is 5.89 Å². The van der Waals surface area contributed by atoms with Gasteiger partial charge >= 0.3 is 0 Å². The molecule has 2 heterocycles. The number of hydrogen-bond donors (Lipinski definition) is 1. The summed E-state index contributed by atoms with van der Waals surface area (Å²) in [6.45, 7) is 10.7. The molecule has 1 unspecified atom stereocenters. The quantitative estimate of drug-likeness (QED) is 0.414. The van der Waals surface area contributed by atoms with Crippen molar-refractivity contribution in [3.8, 4) is 11.4 Å². The van der Waals surface area contributed by atoms with Crippen molar-refractivity contribution in [3.05, 3.63) is 89.5 Å². The lowest BCUT2D eigenvalue weighted by atomic mass is 9.94. The average molecular weight is 431 g/mol. The zero-order valence-corrected chi connectivity index (χ0v) is 18.9. The zero-order valence-electron chi connectivity index (χ0n) is 18.1. The molecule has 2 aromatic carbocycles. The highest BCUT2D eigenvalue weighted by Crippen LogP contribution is 2.37. The van der Waals surface area contributed by atoms with Crippen LogP contribution in [0.15, 0.2) is 71.4 Å². The maximum absolute atomic E-state index is 5.77. The smallest absolute Gasteiger partial charge is 0.258 e. The molecule has 6 heteroatoms. The highest BCUT2D eigenvalue weighted by Gasteiger charge is 2.33. The van der Waals surface area contributed by atoms with Crippen molar-refractivity contribution in [2.45, 2.75) is 33.2 Å². The van der Waals surface area contributed by atoms with Gasteiger partial charge in [0.05, 0.1) is 11.6 Å². The Hall–Kier alpha value is -3.25. The Bertz CT molecular complexity index is 1130. The Labute approximate surface area is 188 Å². The van der Waals surface area contributed by atoms with Crippen LogP contribution in [0.3, 0.4) is 0 Å². The van der Waals surface area contributed by atoms with Gasteiger partial charge in [-0.2, -0.15) is 4.98 Å². The van der Waals surface area contributed by atoms with Crippen LogP contribution in [0.4, 0.5) is 0 Å². The van der Waals surface area contributed by atoms with Crippen molar-refractivity contribution in [1.82, 2.24) is 20.4 Å². The molecule has 1 aromatic heterocycles. The summed E-state index contributed by atoms with van der Waals surface area (Å²) in [7, 11) is 0. The predicted octanol–water partition coefficient (Wildman–Crippen LogP) is 5.46. The fourth-order valence-corrected chi connectivity index (χ4v) is 4.09. The fourth-order valence-electron chi connectivity index (χ4n) is 3.76. The van der Waals surface area contributed by atoms with Gasteiger partial charge in [0.1, 0.15) is 0 Å². The topological polar surface area (TPSA) is 54.2 Å². The molecule has 158 valence electrons. The number of nitrogens with one attached hydrogen (secondary N) is 1. The third kappa shape index (κ3) is 4.16. The van der Waals surface area contributed by atoms with E-state index in [1.54, 1.807) is 0 Å². The van der Waals surface area contributed by atoms with Gasteiger partial charge in [-0.3, -0.25) is 0 Å². The number of benzene rings is 2. The molecular weight excluding hydrogens is 404 g/mol. The van der Waals surface area contributed by atoms with E-state index in [2.05, 4.69) is 67.3 Å². The van der Waals surface area contributed by atoms with Gasteiger partial charge in [-0.15, -0.1) is 6.58 Å². The van der Waals surface area contributed by atoms with Gasteiger partial charge in [-0.1, -0.05) is 72.3 Å². The number of aryl methyl sites for hydroxylation is 2. The van der Waals surface area contributed by atoms with Crippen LogP contribution in [-0.4, -0.2) is 26.7 Å². The van der Waals surface area contributed by atoms with Crippen LogP contribution in [0.25, 0.3) is 17.0 Å². The van der Waals surface area contributed by atoms with Crippen molar-refractivity contribution in [2.75, 3.05) is 6.54 Å². The Balaban J connectivity index is 1.78. The summed E-state index contributed by atoms with van der Waals surface area (Å²) in [5.41, 5.74) is 6.39. The van der Waals surface area contributed by atoms with Gasteiger partial charge in [-0.05, 0) is 43.6 Å². The SMILES string of the molecule is C=CCN1C(=S)NC(c2ccc(C)cc2)C(c2nc(-c3ccc(CC)cc3)no2)=C1C. The lowest BCUT2D eigenvalue weighted by molar-refractivity contribution is 0.399. The first kappa shape index (κ1) is 21.0. The van der Waals surface area contributed by atoms with Crippen molar-refractivity contribution < 1.29 is 4.52 Å². The molecule has 0 radical (unpaired) electrons. The van der Waals surface area contributed by atoms with E-state index in [1.165, 1.54) is 11.1 Å². The largest absolute Gasteiger partial charge is 0.351 e. The standard InChI is InChI=1S/C25H26N4OS/c1-5-15-29-17(4)21(22(26-25(29)31)19-11-7-16(3)8-12-19)24-27-23(28-30-24)20-13-9-18(6-2)10-14-20/h5,7-14,22H,1,6,15H2,2-4H3,(H,26,31). The van der Waals surface area contributed by atoms with E-state index in [-0.39, 0.29) is 6.04 Å². The number of nitrogens with zero attached hydrogens (tertiary/aromatic N) is 3. The van der Waals surface area contributed by atoms with E-state index in [1.807, 2.05) is 30.0 Å². The van der Waals surface area contributed by atoms with Gasteiger partial charge in [0.15, 0.2) is 5.11 Å². The van der Waals surface area contributed by atoms with Crippen molar-refractivity contribution >= 4 is 22.9 Å². The first-order valence-electron chi connectivity index (χ1n) is 10.4. The van der Waals surface area contributed by atoms with E-state index in [4.69, 9.17) is 21.7 Å². The summed E-state index contributed by atoms with van der Waals surface area (Å²) in [6.07, 6.45) is 2.82. The molecule has 5 nitrogen and oxygen atoms in total. The molecule has 31 heavy (non-hydrogen) atoms. The lowest BCUT2D eigenvalue weighted by Gasteiger charge is -2.36. The molecule has 1 aliphatic heterocycles. The minimum atomic E-state index is -0.176. The van der Waals surface area contributed by atoms with Gasteiger partial charge < -0.3 is 14.7 Å². The van der Waals surface area contributed by atoms with Crippen LogP contribution in [-0.2, 0) is 6.42 Å². The Morgan fingerprint density at radius 2 is 1.84 bits per heavy atom. The van der Waals surface area contributed by atoms with Crippen molar-refractivity contribution in [1.29, 1.82) is 0 Å². The monoisotopic (exact) mass is 430 g/mol. The summed E-state index contributed by atoms with van der Waals surface area (Å²) in [6, 6.07) is 16.5. The number of thiocarbonyl (C=S) groups is 1. The zero-order chi connectivity index (χ0) is 22.0.